The normalized spacial score (nSPS) is 25.4. The maximum atomic E-state index is 12.4. The van der Waals surface area contributed by atoms with Crippen LogP contribution in [0.15, 0.2) is 65.6 Å². The van der Waals surface area contributed by atoms with Crippen LogP contribution < -0.4 is 0 Å². The first-order valence-electron chi connectivity index (χ1n) is 6.86. The molecule has 0 aromatic heterocycles. The van der Waals surface area contributed by atoms with Gasteiger partial charge in [-0.15, -0.1) is 0 Å². The van der Waals surface area contributed by atoms with Crippen molar-refractivity contribution >= 4 is 9.84 Å². The van der Waals surface area contributed by atoms with Crippen molar-refractivity contribution in [1.82, 2.24) is 0 Å². The molecular weight excluding hydrogens is 268 g/mol. The zero-order chi connectivity index (χ0) is 14.2. The second-order valence-corrected chi connectivity index (χ2v) is 7.81. The molecule has 0 spiro atoms. The molecule has 1 saturated carbocycles. The van der Waals surface area contributed by atoms with Gasteiger partial charge in [-0.25, -0.2) is 8.42 Å². The molecule has 0 aliphatic heterocycles. The summed E-state index contributed by atoms with van der Waals surface area (Å²) in [7, 11) is -3.18. The van der Waals surface area contributed by atoms with Crippen LogP contribution in [0.5, 0.6) is 0 Å². The second kappa shape index (κ2) is 4.74. The number of hydrogen-bond donors (Lipinski definition) is 0. The van der Waals surface area contributed by atoms with Gasteiger partial charge in [0.05, 0.1) is 10.6 Å². The molecule has 1 fully saturated rings. The summed E-state index contributed by atoms with van der Waals surface area (Å²) in [5.74, 6) is 0.456. The van der Waals surface area contributed by atoms with E-state index in [-0.39, 0.29) is 17.1 Å². The maximum absolute atomic E-state index is 12.4. The molecule has 2 atom stereocenters. The van der Waals surface area contributed by atoms with Gasteiger partial charge in [-0.3, -0.25) is 0 Å². The molecule has 2 nitrogen and oxygen atoms in total. The fraction of sp³-hybridized carbons (Fsp3) is 0.294. The fourth-order valence-corrected chi connectivity index (χ4v) is 4.64. The zero-order valence-corrected chi connectivity index (χ0v) is 12.3. The van der Waals surface area contributed by atoms with E-state index in [4.69, 9.17) is 0 Å². The Balaban J connectivity index is 1.78. The smallest absolute Gasteiger partial charge is 0.178 e. The largest absolute Gasteiger partial charge is 0.224 e. The number of rotatable bonds is 4. The monoisotopic (exact) mass is 286 g/mol. The van der Waals surface area contributed by atoms with E-state index in [1.807, 2.05) is 24.3 Å². The third-order valence-corrected chi connectivity index (χ3v) is 6.20. The molecule has 0 heterocycles. The van der Waals surface area contributed by atoms with Gasteiger partial charge in [-0.05, 0) is 35.4 Å². The summed E-state index contributed by atoms with van der Waals surface area (Å²) in [4.78, 5) is 0.433. The van der Waals surface area contributed by atoms with E-state index >= 15 is 0 Å². The van der Waals surface area contributed by atoms with Crippen molar-refractivity contribution in [2.24, 2.45) is 5.92 Å². The second-order valence-electron chi connectivity index (χ2n) is 5.78. The van der Waals surface area contributed by atoms with Gasteiger partial charge in [0.1, 0.15) is 0 Å². The van der Waals surface area contributed by atoms with E-state index < -0.39 is 9.84 Å². The molecule has 2 aromatic rings. The van der Waals surface area contributed by atoms with Gasteiger partial charge < -0.3 is 0 Å². The van der Waals surface area contributed by atoms with Crippen LogP contribution >= 0.6 is 0 Å². The van der Waals surface area contributed by atoms with Gasteiger partial charge in [0.2, 0.25) is 0 Å². The van der Waals surface area contributed by atoms with Gasteiger partial charge >= 0.3 is 0 Å². The molecule has 0 radical (unpaired) electrons. The first-order valence-corrected chi connectivity index (χ1v) is 8.51. The van der Waals surface area contributed by atoms with Gasteiger partial charge in [0, 0.05) is 0 Å². The van der Waals surface area contributed by atoms with Crippen LogP contribution in [-0.2, 0) is 15.3 Å². The third-order valence-electron chi connectivity index (χ3n) is 4.37. The average Bonchev–Trinajstić information content (AvgIpc) is 3.11. The Morgan fingerprint density at radius 2 is 1.55 bits per heavy atom. The lowest BCUT2D eigenvalue weighted by molar-refractivity contribution is 0.586. The van der Waals surface area contributed by atoms with Crippen molar-refractivity contribution in [2.75, 3.05) is 5.75 Å². The summed E-state index contributed by atoms with van der Waals surface area (Å²) < 4.78 is 24.8. The van der Waals surface area contributed by atoms with Crippen LogP contribution in [0, 0.1) is 5.92 Å². The molecule has 1 aliphatic rings. The summed E-state index contributed by atoms with van der Waals surface area (Å²) >= 11 is 0. The van der Waals surface area contributed by atoms with Gasteiger partial charge in [0.15, 0.2) is 9.84 Å². The summed E-state index contributed by atoms with van der Waals surface area (Å²) in [6.45, 7) is 2.16. The summed E-state index contributed by atoms with van der Waals surface area (Å²) in [6.07, 6.45) is 0.947. The van der Waals surface area contributed by atoms with E-state index in [9.17, 15) is 8.42 Å². The van der Waals surface area contributed by atoms with Gasteiger partial charge in [-0.2, -0.15) is 0 Å². The Bertz CT molecular complexity index is 692. The minimum Gasteiger partial charge on any atom is -0.224 e. The van der Waals surface area contributed by atoms with Crippen LogP contribution in [0.3, 0.4) is 0 Å². The van der Waals surface area contributed by atoms with Crippen molar-refractivity contribution in [1.29, 1.82) is 0 Å². The Hall–Kier alpha value is -1.61. The minimum absolute atomic E-state index is 0.0170. The van der Waals surface area contributed by atoms with Gasteiger partial charge in [-0.1, -0.05) is 55.5 Å². The van der Waals surface area contributed by atoms with Crippen molar-refractivity contribution < 1.29 is 8.42 Å². The molecule has 3 rings (SSSR count). The molecule has 3 heteroatoms. The van der Waals surface area contributed by atoms with Crippen LogP contribution in [0.1, 0.15) is 18.9 Å². The topological polar surface area (TPSA) is 34.1 Å². The fourth-order valence-electron chi connectivity index (χ4n) is 2.86. The first kappa shape index (κ1) is 13.4. The quantitative estimate of drug-likeness (QED) is 0.863. The van der Waals surface area contributed by atoms with E-state index in [0.29, 0.717) is 4.90 Å². The first-order chi connectivity index (χ1) is 9.52. The Labute approximate surface area is 120 Å². The molecule has 2 aromatic carbocycles. The zero-order valence-electron chi connectivity index (χ0n) is 11.5. The molecule has 104 valence electrons. The van der Waals surface area contributed by atoms with Crippen LogP contribution in [0.4, 0.5) is 0 Å². The van der Waals surface area contributed by atoms with Crippen LogP contribution in [-0.4, -0.2) is 14.2 Å². The summed E-state index contributed by atoms with van der Waals surface area (Å²) in [5, 5.41) is 0. The van der Waals surface area contributed by atoms with E-state index in [1.165, 1.54) is 5.56 Å². The molecule has 1 aliphatic carbocycles. The Morgan fingerprint density at radius 1 is 1.00 bits per heavy atom. The van der Waals surface area contributed by atoms with Crippen molar-refractivity contribution in [3.8, 4) is 0 Å². The average molecular weight is 286 g/mol. The predicted molar refractivity (Wildman–Crippen MR) is 80.4 cm³/mol. The minimum atomic E-state index is -3.18. The van der Waals surface area contributed by atoms with Gasteiger partial charge in [0.25, 0.3) is 0 Å². The van der Waals surface area contributed by atoms with E-state index in [2.05, 4.69) is 19.1 Å². The molecule has 0 amide bonds. The third kappa shape index (κ3) is 2.38. The number of sulfone groups is 1. The molecule has 0 saturated heterocycles. The lowest BCUT2D eigenvalue weighted by Gasteiger charge is -2.12. The van der Waals surface area contributed by atoms with Crippen molar-refractivity contribution in [3.63, 3.8) is 0 Å². The lowest BCUT2D eigenvalue weighted by atomic mass is 9.96. The summed E-state index contributed by atoms with van der Waals surface area (Å²) in [5.41, 5.74) is 1.26. The van der Waals surface area contributed by atoms with Crippen LogP contribution in [0.2, 0.25) is 0 Å². The summed E-state index contributed by atoms with van der Waals surface area (Å²) in [6, 6.07) is 18.9. The molecule has 0 N–H and O–H groups in total. The Morgan fingerprint density at radius 3 is 2.15 bits per heavy atom. The molecule has 20 heavy (non-hydrogen) atoms. The molecular formula is C17H18O2S. The highest BCUT2D eigenvalue weighted by molar-refractivity contribution is 7.91. The number of benzene rings is 2. The molecule has 0 bridgehead atoms. The van der Waals surface area contributed by atoms with Crippen molar-refractivity contribution in [3.05, 3.63) is 66.2 Å². The van der Waals surface area contributed by atoms with Crippen molar-refractivity contribution in [2.45, 2.75) is 23.7 Å². The Kier molecular flexibility index (Phi) is 3.17. The number of hydrogen-bond acceptors (Lipinski definition) is 2. The highest BCUT2D eigenvalue weighted by Crippen LogP contribution is 2.54. The van der Waals surface area contributed by atoms with E-state index in [0.717, 1.165) is 6.42 Å². The standard InChI is InChI=1S/C17H18O2S/c1-17(14-8-4-2-5-9-14)12-15(17)13-20(18,19)16-10-6-3-7-11-16/h2-11,15H,12-13H2,1H3. The predicted octanol–water partition coefficient (Wildman–Crippen LogP) is 3.44. The highest BCUT2D eigenvalue weighted by atomic mass is 32.2. The lowest BCUT2D eigenvalue weighted by Crippen LogP contribution is -2.14. The van der Waals surface area contributed by atoms with E-state index in [1.54, 1.807) is 24.3 Å². The SMILES string of the molecule is CC1(c2ccccc2)CC1CS(=O)(=O)c1ccccc1. The van der Waals surface area contributed by atoms with Crippen LogP contribution in [0.25, 0.3) is 0 Å². The molecule has 2 unspecified atom stereocenters. The maximum Gasteiger partial charge on any atom is 0.178 e. The highest BCUT2D eigenvalue weighted by Gasteiger charge is 2.52.